The summed E-state index contributed by atoms with van der Waals surface area (Å²) >= 11 is 0. The van der Waals surface area contributed by atoms with Gasteiger partial charge in [0.05, 0.1) is 22.6 Å². The number of nitrogens with zero attached hydrogens (tertiary/aromatic N) is 3. The molecular formula is C21H20F2N4O3. The monoisotopic (exact) mass is 414 g/mol. The highest BCUT2D eigenvalue weighted by Gasteiger charge is 2.48. The number of aromatic carboxylic acids is 1. The van der Waals surface area contributed by atoms with E-state index in [-0.39, 0.29) is 40.0 Å². The SMILES string of the molecule is N#Cc1c(N2CCC(C3(N)CC3)C2)c(F)cc2c(=O)c(C(=O)O)cn([C@@H]3C[C@@H]3F)c12. The first-order chi connectivity index (χ1) is 14.2. The van der Waals surface area contributed by atoms with Crippen molar-refractivity contribution in [3.05, 3.63) is 39.4 Å². The Kier molecular flexibility index (Phi) is 3.96. The Bertz CT molecular complexity index is 1200. The summed E-state index contributed by atoms with van der Waals surface area (Å²) in [5.41, 5.74) is 4.72. The quantitative estimate of drug-likeness (QED) is 0.794. The van der Waals surface area contributed by atoms with Crippen molar-refractivity contribution in [2.24, 2.45) is 11.7 Å². The molecule has 9 heteroatoms. The molecule has 2 aliphatic carbocycles. The molecular weight excluding hydrogens is 394 g/mol. The minimum atomic E-state index is -1.48. The Hall–Kier alpha value is -2.99. The van der Waals surface area contributed by atoms with Crippen LogP contribution in [-0.4, -0.2) is 40.4 Å². The minimum absolute atomic E-state index is 0.0688. The molecule has 2 aromatic rings. The van der Waals surface area contributed by atoms with Crippen LogP contribution in [0, 0.1) is 23.1 Å². The second-order valence-corrected chi connectivity index (χ2v) is 8.66. The van der Waals surface area contributed by atoms with Gasteiger partial charge in [-0.15, -0.1) is 0 Å². The molecule has 5 rings (SSSR count). The first-order valence-corrected chi connectivity index (χ1v) is 9.98. The van der Waals surface area contributed by atoms with Crippen LogP contribution >= 0.6 is 0 Å². The standard InChI is InChI=1S/C21H20F2N4O3/c22-14-6-16(14)27-9-13(20(29)30)19(28)11-5-15(23)18(12(7-24)17(11)27)26-4-1-10(8-26)21(25)2-3-21/h5,9-10,14,16H,1-4,6,8,25H2,(H,29,30)/t10?,14-,16+/m0/s1. The second kappa shape index (κ2) is 6.25. The van der Waals surface area contributed by atoms with E-state index in [2.05, 4.69) is 0 Å². The first-order valence-electron chi connectivity index (χ1n) is 9.98. The maximum atomic E-state index is 15.2. The second-order valence-electron chi connectivity index (χ2n) is 8.66. The smallest absolute Gasteiger partial charge is 0.341 e. The Morgan fingerprint density at radius 3 is 2.67 bits per heavy atom. The number of hydrogen-bond donors (Lipinski definition) is 2. The normalized spacial score (nSPS) is 26.6. The summed E-state index contributed by atoms with van der Waals surface area (Å²) in [6.07, 6.45) is 2.64. The number of fused-ring (bicyclic) bond motifs is 1. The highest BCUT2D eigenvalue weighted by molar-refractivity contribution is 5.96. The van der Waals surface area contributed by atoms with Gasteiger partial charge < -0.3 is 20.3 Å². The lowest BCUT2D eigenvalue weighted by atomic mass is 9.97. The van der Waals surface area contributed by atoms with Crippen LogP contribution in [0.4, 0.5) is 14.5 Å². The lowest BCUT2D eigenvalue weighted by molar-refractivity contribution is 0.0694. The van der Waals surface area contributed by atoms with Crippen LogP contribution in [0.3, 0.4) is 0 Å². The lowest BCUT2D eigenvalue weighted by Gasteiger charge is -2.24. The van der Waals surface area contributed by atoms with Gasteiger partial charge in [-0.2, -0.15) is 5.26 Å². The highest BCUT2D eigenvalue weighted by Crippen LogP contribution is 2.46. The number of carbonyl (C=O) groups is 1. The number of alkyl halides is 1. The summed E-state index contributed by atoms with van der Waals surface area (Å²) in [4.78, 5) is 26.0. The zero-order valence-corrected chi connectivity index (χ0v) is 16.1. The zero-order valence-electron chi connectivity index (χ0n) is 16.1. The van der Waals surface area contributed by atoms with Crippen LogP contribution in [0.5, 0.6) is 0 Å². The third-order valence-electron chi connectivity index (χ3n) is 6.77. The Balaban J connectivity index is 1.73. The van der Waals surface area contributed by atoms with E-state index in [9.17, 15) is 24.3 Å². The molecule has 30 heavy (non-hydrogen) atoms. The average Bonchev–Trinajstić information content (AvgIpc) is 3.57. The number of rotatable bonds is 4. The molecule has 3 N–H and O–H groups in total. The Morgan fingerprint density at radius 2 is 2.10 bits per heavy atom. The molecule has 0 spiro atoms. The van der Waals surface area contributed by atoms with E-state index in [0.29, 0.717) is 13.1 Å². The van der Waals surface area contributed by atoms with Crippen molar-refractivity contribution in [1.82, 2.24) is 4.57 Å². The van der Waals surface area contributed by atoms with Gasteiger partial charge >= 0.3 is 5.97 Å². The molecule has 2 heterocycles. The number of aromatic nitrogens is 1. The largest absolute Gasteiger partial charge is 0.477 e. The van der Waals surface area contributed by atoms with Crippen molar-refractivity contribution < 1.29 is 18.7 Å². The van der Waals surface area contributed by atoms with E-state index in [1.165, 1.54) is 4.57 Å². The molecule has 1 aliphatic heterocycles. The summed E-state index contributed by atoms with van der Waals surface area (Å²) in [6.45, 7) is 1.02. The third kappa shape index (κ3) is 2.70. The number of nitrogens with two attached hydrogens (primary N) is 1. The number of carboxylic acids is 1. The van der Waals surface area contributed by atoms with Gasteiger partial charge in [0, 0.05) is 31.2 Å². The average molecular weight is 414 g/mol. The van der Waals surface area contributed by atoms with Gasteiger partial charge in [-0.05, 0) is 31.2 Å². The molecule has 3 atom stereocenters. The molecule has 0 bridgehead atoms. The molecule has 0 amide bonds. The molecule has 156 valence electrons. The summed E-state index contributed by atoms with van der Waals surface area (Å²) < 4.78 is 30.4. The first kappa shape index (κ1) is 19.0. The summed E-state index contributed by atoms with van der Waals surface area (Å²) in [6, 6.07) is 2.30. The topological polar surface area (TPSA) is 112 Å². The van der Waals surface area contributed by atoms with Crippen LogP contribution in [-0.2, 0) is 0 Å². The highest BCUT2D eigenvalue weighted by atomic mass is 19.1. The van der Waals surface area contributed by atoms with E-state index in [1.807, 2.05) is 6.07 Å². The fourth-order valence-electron chi connectivity index (χ4n) is 4.73. The predicted molar refractivity (Wildman–Crippen MR) is 105 cm³/mol. The van der Waals surface area contributed by atoms with Gasteiger partial charge in [0.15, 0.2) is 0 Å². The number of pyridine rings is 1. The van der Waals surface area contributed by atoms with E-state index in [0.717, 1.165) is 31.5 Å². The van der Waals surface area contributed by atoms with Gasteiger partial charge in [0.1, 0.15) is 29.2 Å². The van der Waals surface area contributed by atoms with Gasteiger partial charge in [-0.3, -0.25) is 4.79 Å². The van der Waals surface area contributed by atoms with Crippen molar-refractivity contribution >= 4 is 22.6 Å². The van der Waals surface area contributed by atoms with Gasteiger partial charge in [0.25, 0.3) is 0 Å². The van der Waals surface area contributed by atoms with Crippen LogP contribution in [0.1, 0.15) is 47.6 Å². The van der Waals surface area contributed by atoms with Crippen LogP contribution < -0.4 is 16.1 Å². The Morgan fingerprint density at radius 1 is 1.40 bits per heavy atom. The molecule has 1 unspecified atom stereocenters. The van der Waals surface area contributed by atoms with E-state index < -0.39 is 35.0 Å². The van der Waals surface area contributed by atoms with Gasteiger partial charge in [-0.1, -0.05) is 0 Å². The molecule has 2 saturated carbocycles. The van der Waals surface area contributed by atoms with Crippen molar-refractivity contribution in [2.45, 2.75) is 43.4 Å². The van der Waals surface area contributed by atoms with Crippen LogP contribution in [0.25, 0.3) is 10.9 Å². The van der Waals surface area contributed by atoms with Gasteiger partial charge in [0.2, 0.25) is 5.43 Å². The van der Waals surface area contributed by atoms with Crippen molar-refractivity contribution in [3.8, 4) is 6.07 Å². The predicted octanol–water partition coefficient (Wildman–Crippen LogP) is 2.31. The van der Waals surface area contributed by atoms with E-state index in [4.69, 9.17) is 5.73 Å². The van der Waals surface area contributed by atoms with E-state index >= 15 is 4.39 Å². The Labute approximate surface area is 170 Å². The summed E-state index contributed by atoms with van der Waals surface area (Å²) in [5.74, 6) is -2.05. The zero-order chi connectivity index (χ0) is 21.4. The van der Waals surface area contributed by atoms with Crippen LogP contribution in [0.15, 0.2) is 17.1 Å². The fraction of sp³-hybridized carbons (Fsp3) is 0.476. The maximum Gasteiger partial charge on any atom is 0.341 e. The number of anilines is 1. The number of hydrogen-bond acceptors (Lipinski definition) is 5. The molecule has 3 aliphatic rings. The number of benzene rings is 1. The molecule has 7 nitrogen and oxygen atoms in total. The molecule has 1 saturated heterocycles. The minimum Gasteiger partial charge on any atom is -0.477 e. The van der Waals surface area contributed by atoms with Crippen molar-refractivity contribution in [1.29, 1.82) is 5.26 Å². The lowest BCUT2D eigenvalue weighted by Crippen LogP contribution is -2.35. The van der Waals surface area contributed by atoms with Gasteiger partial charge in [-0.25, -0.2) is 13.6 Å². The number of carboxylic acid groups (broad SMARTS) is 1. The molecule has 0 radical (unpaired) electrons. The van der Waals surface area contributed by atoms with Crippen molar-refractivity contribution in [3.63, 3.8) is 0 Å². The van der Waals surface area contributed by atoms with Crippen molar-refractivity contribution in [2.75, 3.05) is 18.0 Å². The summed E-state index contributed by atoms with van der Waals surface area (Å²) in [5, 5.41) is 19.1. The van der Waals surface area contributed by atoms with E-state index in [1.54, 1.807) is 4.90 Å². The number of nitriles is 1. The molecule has 3 fully saturated rings. The number of halogens is 2. The third-order valence-corrected chi connectivity index (χ3v) is 6.77. The maximum absolute atomic E-state index is 15.2. The van der Waals surface area contributed by atoms with Crippen LogP contribution in [0.2, 0.25) is 0 Å². The molecule has 1 aromatic heterocycles. The summed E-state index contributed by atoms with van der Waals surface area (Å²) in [7, 11) is 0. The fourth-order valence-corrected chi connectivity index (χ4v) is 4.73. The molecule has 1 aromatic carbocycles.